The molecule has 4 heteroatoms. The first kappa shape index (κ1) is 10.8. The number of nitrogens with two attached hydrogens (primary N) is 1. The summed E-state index contributed by atoms with van der Waals surface area (Å²) < 4.78 is 7.16. The molecule has 3 rings (SSSR count). The van der Waals surface area contributed by atoms with E-state index >= 15 is 0 Å². The minimum Gasteiger partial charge on any atom is -0.467 e. The van der Waals surface area contributed by atoms with Gasteiger partial charge < -0.3 is 10.2 Å². The number of rotatable bonds is 3. The van der Waals surface area contributed by atoms with Gasteiger partial charge in [0.25, 0.3) is 0 Å². The second-order valence-electron chi connectivity index (χ2n) is 3.97. The van der Waals surface area contributed by atoms with Crippen molar-refractivity contribution in [3.8, 4) is 16.8 Å². The lowest BCUT2D eigenvalue weighted by atomic mass is 10.1. The smallest absolute Gasteiger partial charge is 0.125 e. The molecule has 2 heterocycles. The van der Waals surface area contributed by atoms with Crippen LogP contribution in [0.3, 0.4) is 0 Å². The normalized spacial score (nSPS) is 10.7. The van der Waals surface area contributed by atoms with Gasteiger partial charge >= 0.3 is 0 Å². The van der Waals surface area contributed by atoms with Crippen molar-refractivity contribution in [1.29, 1.82) is 0 Å². The molecule has 4 nitrogen and oxygen atoms in total. The van der Waals surface area contributed by atoms with Crippen LogP contribution < -0.4 is 5.73 Å². The summed E-state index contributed by atoms with van der Waals surface area (Å²) >= 11 is 0. The Morgan fingerprint density at radius 1 is 1.17 bits per heavy atom. The van der Waals surface area contributed by atoms with Crippen LogP contribution in [0.25, 0.3) is 16.8 Å². The zero-order valence-corrected chi connectivity index (χ0v) is 9.78. The number of benzene rings is 1. The Bertz CT molecular complexity index is 640. The van der Waals surface area contributed by atoms with Gasteiger partial charge in [-0.25, -0.2) is 4.68 Å². The quantitative estimate of drug-likeness (QED) is 0.764. The lowest BCUT2D eigenvalue weighted by molar-refractivity contribution is 0.513. The summed E-state index contributed by atoms with van der Waals surface area (Å²) in [4.78, 5) is 0. The van der Waals surface area contributed by atoms with Crippen LogP contribution in [0.1, 0.15) is 5.76 Å². The predicted molar refractivity (Wildman–Crippen MR) is 69.2 cm³/mol. The largest absolute Gasteiger partial charge is 0.467 e. The van der Waals surface area contributed by atoms with E-state index in [9.17, 15) is 0 Å². The molecule has 3 aromatic rings. The molecule has 0 saturated carbocycles. The number of aromatic nitrogens is 2. The third-order valence-corrected chi connectivity index (χ3v) is 2.85. The van der Waals surface area contributed by atoms with Gasteiger partial charge in [0.15, 0.2) is 0 Å². The lowest BCUT2D eigenvalue weighted by Gasteiger charge is -1.99. The van der Waals surface area contributed by atoms with Gasteiger partial charge in [-0.3, -0.25) is 0 Å². The SMILES string of the molecule is NCc1occc1-c1cnn(-c2ccccc2)c1. The Balaban J connectivity index is 2.00. The standard InChI is InChI=1S/C14H13N3O/c15-8-14-13(6-7-18-14)11-9-16-17(10-11)12-4-2-1-3-5-12/h1-7,9-10H,8,15H2. The summed E-state index contributed by atoms with van der Waals surface area (Å²) in [6.45, 7) is 0.388. The first-order chi connectivity index (χ1) is 8.88. The van der Waals surface area contributed by atoms with E-state index in [0.29, 0.717) is 6.54 Å². The molecule has 18 heavy (non-hydrogen) atoms. The monoisotopic (exact) mass is 239 g/mol. The highest BCUT2D eigenvalue weighted by molar-refractivity contribution is 5.64. The molecule has 0 bridgehead atoms. The summed E-state index contributed by atoms with van der Waals surface area (Å²) in [6, 6.07) is 11.9. The fourth-order valence-corrected chi connectivity index (χ4v) is 1.94. The van der Waals surface area contributed by atoms with E-state index in [-0.39, 0.29) is 0 Å². The van der Waals surface area contributed by atoms with E-state index < -0.39 is 0 Å². The topological polar surface area (TPSA) is 57.0 Å². The maximum absolute atomic E-state index is 5.63. The summed E-state index contributed by atoms with van der Waals surface area (Å²) in [5.74, 6) is 0.780. The maximum atomic E-state index is 5.63. The second-order valence-corrected chi connectivity index (χ2v) is 3.97. The average molecular weight is 239 g/mol. The predicted octanol–water partition coefficient (Wildman–Crippen LogP) is 2.59. The fourth-order valence-electron chi connectivity index (χ4n) is 1.94. The van der Waals surface area contributed by atoms with Crippen molar-refractivity contribution < 1.29 is 4.42 Å². The highest BCUT2D eigenvalue weighted by atomic mass is 16.3. The van der Waals surface area contributed by atoms with Gasteiger partial charge in [0, 0.05) is 17.3 Å². The first-order valence-electron chi connectivity index (χ1n) is 5.75. The number of hydrogen-bond donors (Lipinski definition) is 1. The van der Waals surface area contributed by atoms with Crippen LogP contribution in [0.15, 0.2) is 59.5 Å². The van der Waals surface area contributed by atoms with Crippen LogP contribution in [-0.2, 0) is 6.54 Å². The third kappa shape index (κ3) is 1.83. The summed E-state index contributed by atoms with van der Waals surface area (Å²) in [6.07, 6.45) is 5.44. The van der Waals surface area contributed by atoms with E-state index in [1.54, 1.807) is 6.26 Å². The van der Waals surface area contributed by atoms with Crippen molar-refractivity contribution in [3.63, 3.8) is 0 Å². The van der Waals surface area contributed by atoms with E-state index in [1.807, 2.05) is 53.5 Å². The van der Waals surface area contributed by atoms with Crippen molar-refractivity contribution in [2.75, 3.05) is 0 Å². The summed E-state index contributed by atoms with van der Waals surface area (Å²) in [5.41, 5.74) is 8.67. The number of hydrogen-bond acceptors (Lipinski definition) is 3. The van der Waals surface area contributed by atoms with Gasteiger partial charge in [-0.1, -0.05) is 18.2 Å². The molecule has 2 aromatic heterocycles. The molecule has 0 atom stereocenters. The Morgan fingerprint density at radius 3 is 2.78 bits per heavy atom. The Labute approximate surface area is 105 Å². The van der Waals surface area contributed by atoms with E-state index in [4.69, 9.17) is 10.2 Å². The molecule has 0 aliphatic heterocycles. The van der Waals surface area contributed by atoms with Gasteiger partial charge in [0.2, 0.25) is 0 Å². The van der Waals surface area contributed by atoms with Gasteiger partial charge in [0.1, 0.15) is 5.76 Å². The zero-order valence-electron chi connectivity index (χ0n) is 9.78. The molecule has 90 valence electrons. The minimum atomic E-state index is 0.388. The van der Waals surface area contributed by atoms with Crippen LogP contribution in [0.5, 0.6) is 0 Å². The Morgan fingerprint density at radius 2 is 2.00 bits per heavy atom. The number of furan rings is 1. The van der Waals surface area contributed by atoms with Gasteiger partial charge in [0.05, 0.1) is 24.7 Å². The molecule has 0 radical (unpaired) electrons. The lowest BCUT2D eigenvalue weighted by Crippen LogP contribution is -1.95. The van der Waals surface area contributed by atoms with E-state index in [2.05, 4.69) is 5.10 Å². The highest BCUT2D eigenvalue weighted by Gasteiger charge is 2.09. The second kappa shape index (κ2) is 4.50. The number of nitrogens with zero attached hydrogens (tertiary/aromatic N) is 2. The van der Waals surface area contributed by atoms with Crippen LogP contribution >= 0.6 is 0 Å². The molecular weight excluding hydrogens is 226 g/mol. The fraction of sp³-hybridized carbons (Fsp3) is 0.0714. The van der Waals surface area contributed by atoms with Crippen molar-refractivity contribution >= 4 is 0 Å². The van der Waals surface area contributed by atoms with Gasteiger partial charge in [-0.2, -0.15) is 5.10 Å². The van der Waals surface area contributed by atoms with E-state index in [1.165, 1.54) is 0 Å². The first-order valence-corrected chi connectivity index (χ1v) is 5.75. The van der Waals surface area contributed by atoms with Crippen molar-refractivity contribution in [1.82, 2.24) is 9.78 Å². The maximum Gasteiger partial charge on any atom is 0.125 e. The van der Waals surface area contributed by atoms with Crippen molar-refractivity contribution in [2.24, 2.45) is 5.73 Å². The molecule has 0 aliphatic rings. The molecule has 0 amide bonds. The van der Waals surface area contributed by atoms with Crippen LogP contribution in [0.2, 0.25) is 0 Å². The van der Waals surface area contributed by atoms with Crippen LogP contribution in [0, 0.1) is 0 Å². The molecule has 0 unspecified atom stereocenters. The van der Waals surface area contributed by atoms with Gasteiger partial charge in [-0.05, 0) is 18.2 Å². The van der Waals surface area contributed by atoms with Crippen LogP contribution in [0.4, 0.5) is 0 Å². The zero-order chi connectivity index (χ0) is 12.4. The van der Waals surface area contributed by atoms with Gasteiger partial charge in [-0.15, -0.1) is 0 Å². The average Bonchev–Trinajstić information content (AvgIpc) is 3.08. The Kier molecular flexibility index (Phi) is 2.70. The van der Waals surface area contributed by atoms with Crippen LogP contribution in [-0.4, -0.2) is 9.78 Å². The molecule has 0 spiro atoms. The summed E-state index contributed by atoms with van der Waals surface area (Å²) in [5, 5.41) is 4.35. The summed E-state index contributed by atoms with van der Waals surface area (Å²) in [7, 11) is 0. The molecule has 1 aromatic carbocycles. The minimum absolute atomic E-state index is 0.388. The molecule has 0 aliphatic carbocycles. The Hall–Kier alpha value is -2.33. The van der Waals surface area contributed by atoms with Crippen molar-refractivity contribution in [2.45, 2.75) is 6.54 Å². The van der Waals surface area contributed by atoms with E-state index in [0.717, 1.165) is 22.6 Å². The highest BCUT2D eigenvalue weighted by Crippen LogP contribution is 2.24. The molecular formula is C14H13N3O. The molecule has 2 N–H and O–H groups in total. The molecule has 0 fully saturated rings. The van der Waals surface area contributed by atoms with Crippen molar-refractivity contribution in [3.05, 3.63) is 60.8 Å². The number of para-hydroxylation sites is 1. The molecule has 0 saturated heterocycles. The third-order valence-electron chi connectivity index (χ3n) is 2.85.